The third-order valence-electron chi connectivity index (χ3n) is 10.1. The molecule has 39 heavy (non-hydrogen) atoms. The Hall–Kier alpha value is -1.91. The van der Waals surface area contributed by atoms with Gasteiger partial charge >= 0.3 is 5.97 Å². The van der Waals surface area contributed by atoms with Crippen LogP contribution in [0.15, 0.2) is 54.6 Å². The lowest BCUT2D eigenvalue weighted by Gasteiger charge is -2.45. The molecule has 1 heterocycles. The lowest BCUT2D eigenvalue weighted by molar-refractivity contribution is -0.144. The molecule has 1 saturated carbocycles. The zero-order chi connectivity index (χ0) is 27.5. The minimum atomic E-state index is -1.12. The van der Waals surface area contributed by atoms with Gasteiger partial charge in [0.05, 0.1) is 0 Å². The van der Waals surface area contributed by atoms with E-state index >= 15 is 0 Å². The minimum Gasteiger partial charge on any atom is -0.480 e. The smallest absolute Gasteiger partial charge is 0.323 e. The van der Waals surface area contributed by atoms with Crippen molar-refractivity contribution in [3.05, 3.63) is 60.2 Å². The molecule has 4 nitrogen and oxygen atoms in total. The molecule has 0 bridgehead atoms. The highest BCUT2D eigenvalue weighted by molar-refractivity contribution is 5.78. The summed E-state index contributed by atoms with van der Waals surface area (Å²) >= 11 is 0. The van der Waals surface area contributed by atoms with E-state index in [1.165, 1.54) is 63.5 Å². The summed E-state index contributed by atoms with van der Waals surface area (Å²) in [5, 5.41) is 10.2. The van der Waals surface area contributed by atoms with E-state index in [1.54, 1.807) is 0 Å². The fraction of sp³-hybridized carbons (Fsp3) is 0.686. The Morgan fingerprint density at radius 3 is 2.44 bits per heavy atom. The molecular weight excluding hydrogens is 480 g/mol. The number of nitrogens with zero attached hydrogens (tertiary/aromatic N) is 1. The van der Waals surface area contributed by atoms with Gasteiger partial charge in [0.25, 0.3) is 0 Å². The number of benzene rings is 1. The highest BCUT2D eigenvalue weighted by Gasteiger charge is 2.39. The summed E-state index contributed by atoms with van der Waals surface area (Å²) in [5.41, 5.74) is 6.98. The molecule has 1 aliphatic heterocycles. The number of aliphatic carboxylic acids is 1. The first-order valence-corrected chi connectivity index (χ1v) is 16.1. The fourth-order valence-corrected chi connectivity index (χ4v) is 7.50. The second kappa shape index (κ2) is 15.2. The van der Waals surface area contributed by atoms with Crippen LogP contribution in [0.25, 0.3) is 0 Å². The van der Waals surface area contributed by atoms with Gasteiger partial charge in [-0.1, -0.05) is 107 Å². The van der Waals surface area contributed by atoms with Crippen molar-refractivity contribution in [1.82, 2.24) is 4.90 Å². The Kier molecular flexibility index (Phi) is 11.7. The molecule has 3 N–H and O–H groups in total. The fourth-order valence-electron chi connectivity index (χ4n) is 7.50. The zero-order valence-electron chi connectivity index (χ0n) is 24.5. The van der Waals surface area contributed by atoms with E-state index in [2.05, 4.69) is 66.5 Å². The monoisotopic (exact) mass is 534 g/mol. The largest absolute Gasteiger partial charge is 0.480 e. The van der Waals surface area contributed by atoms with Crippen LogP contribution in [0.4, 0.5) is 0 Å². The zero-order valence-corrected chi connectivity index (χ0v) is 24.5. The first-order chi connectivity index (χ1) is 19.0. The maximum Gasteiger partial charge on any atom is 0.323 e. The summed E-state index contributed by atoms with van der Waals surface area (Å²) in [7, 11) is 0. The summed E-state index contributed by atoms with van der Waals surface area (Å²) < 4.78 is 0. The van der Waals surface area contributed by atoms with Crippen LogP contribution in [0.2, 0.25) is 0 Å². The van der Waals surface area contributed by atoms with Crippen molar-refractivity contribution >= 4 is 5.97 Å². The molecule has 0 aromatic heterocycles. The third-order valence-corrected chi connectivity index (χ3v) is 10.1. The highest BCUT2D eigenvalue weighted by atomic mass is 16.4. The molecule has 1 aromatic rings. The molecule has 4 heteroatoms. The SMILES string of the molecule is CCCCC(CCCCC(N)(CCC1CC2C=CC=CC2CN1CC1CCCCC1)C(=O)O)c1ccccc1. The van der Waals surface area contributed by atoms with Crippen LogP contribution in [0.3, 0.4) is 0 Å². The van der Waals surface area contributed by atoms with Crippen LogP contribution in [-0.4, -0.2) is 40.6 Å². The lowest BCUT2D eigenvalue weighted by atomic mass is 9.76. The van der Waals surface area contributed by atoms with Crippen molar-refractivity contribution in [2.75, 3.05) is 13.1 Å². The Morgan fingerprint density at radius 2 is 1.72 bits per heavy atom. The Morgan fingerprint density at radius 1 is 1.00 bits per heavy atom. The molecule has 3 aliphatic rings. The molecule has 0 amide bonds. The maximum absolute atomic E-state index is 12.5. The summed E-state index contributed by atoms with van der Waals surface area (Å²) in [6.07, 6.45) is 25.8. The van der Waals surface area contributed by atoms with Gasteiger partial charge in [0, 0.05) is 19.1 Å². The predicted molar refractivity (Wildman–Crippen MR) is 163 cm³/mol. The third kappa shape index (κ3) is 8.79. The van der Waals surface area contributed by atoms with E-state index in [0.29, 0.717) is 36.6 Å². The van der Waals surface area contributed by atoms with Crippen molar-refractivity contribution in [3.8, 4) is 0 Å². The lowest BCUT2D eigenvalue weighted by Crippen LogP contribution is -2.52. The van der Waals surface area contributed by atoms with Gasteiger partial charge < -0.3 is 10.8 Å². The van der Waals surface area contributed by atoms with Crippen molar-refractivity contribution in [3.63, 3.8) is 0 Å². The van der Waals surface area contributed by atoms with Crippen LogP contribution in [0.1, 0.15) is 115 Å². The van der Waals surface area contributed by atoms with Gasteiger partial charge in [-0.3, -0.25) is 9.69 Å². The van der Waals surface area contributed by atoms with Crippen LogP contribution >= 0.6 is 0 Å². The van der Waals surface area contributed by atoms with E-state index in [0.717, 1.165) is 44.6 Å². The standard InChI is InChI=1S/C35H54N2O2/c1-2-3-16-29(30-17-8-5-9-18-30)19-12-13-23-35(36,34(38)39)24-22-33-25-31-20-10-11-21-32(31)27-37(33)26-28-14-6-4-7-15-28/h5,8-11,17-18,20-21,28-29,31-33H,2-4,6-7,12-16,19,22-27,36H2,1H3,(H,38,39). The number of fused-ring (bicyclic) bond motifs is 1. The summed E-state index contributed by atoms with van der Waals surface area (Å²) in [6, 6.07) is 11.3. The van der Waals surface area contributed by atoms with Crippen molar-refractivity contribution < 1.29 is 9.90 Å². The topological polar surface area (TPSA) is 66.6 Å². The molecule has 0 radical (unpaired) electrons. The molecule has 1 saturated heterocycles. The van der Waals surface area contributed by atoms with Crippen LogP contribution < -0.4 is 5.73 Å². The van der Waals surface area contributed by atoms with Gasteiger partial charge in [-0.15, -0.1) is 0 Å². The number of carbonyl (C=O) groups is 1. The molecule has 5 unspecified atom stereocenters. The van der Waals surface area contributed by atoms with E-state index in [4.69, 9.17) is 5.73 Å². The van der Waals surface area contributed by atoms with Gasteiger partial charge in [-0.2, -0.15) is 0 Å². The second-order valence-corrected chi connectivity index (χ2v) is 12.9. The van der Waals surface area contributed by atoms with E-state index in [-0.39, 0.29) is 0 Å². The van der Waals surface area contributed by atoms with Crippen LogP contribution in [0, 0.1) is 17.8 Å². The first kappa shape index (κ1) is 30.1. The average molecular weight is 535 g/mol. The average Bonchev–Trinajstić information content (AvgIpc) is 2.96. The molecule has 2 aliphatic carbocycles. The number of allylic oxidation sites excluding steroid dienone is 3. The van der Waals surface area contributed by atoms with Crippen LogP contribution in [0.5, 0.6) is 0 Å². The normalized spacial score (nSPS) is 26.2. The minimum absolute atomic E-state index is 0.433. The van der Waals surface area contributed by atoms with Crippen molar-refractivity contribution in [2.24, 2.45) is 23.5 Å². The number of nitrogens with two attached hydrogens (primary N) is 1. The Bertz CT molecular complexity index is 922. The van der Waals surface area contributed by atoms with Crippen molar-refractivity contribution in [1.29, 1.82) is 0 Å². The molecule has 0 spiro atoms. The van der Waals surface area contributed by atoms with Crippen LogP contribution in [-0.2, 0) is 4.79 Å². The number of carboxylic acids is 1. The second-order valence-electron chi connectivity index (χ2n) is 12.9. The molecule has 5 atom stereocenters. The Labute approximate surface area is 238 Å². The molecule has 216 valence electrons. The number of unbranched alkanes of at least 4 members (excludes halogenated alkanes) is 2. The van der Waals surface area contributed by atoms with Crippen molar-refractivity contribution in [2.45, 2.75) is 121 Å². The van der Waals surface area contributed by atoms with E-state index < -0.39 is 11.5 Å². The number of rotatable bonds is 15. The molecule has 2 fully saturated rings. The van der Waals surface area contributed by atoms with Gasteiger partial charge in [0.1, 0.15) is 5.54 Å². The summed E-state index contributed by atoms with van der Waals surface area (Å²) in [5.74, 6) is 1.72. The Balaban J connectivity index is 1.32. The predicted octanol–water partition coefficient (Wildman–Crippen LogP) is 8.10. The van der Waals surface area contributed by atoms with Gasteiger partial charge in [0.15, 0.2) is 0 Å². The molecule has 4 rings (SSSR count). The number of piperidine rings is 1. The number of hydrogen-bond donors (Lipinski definition) is 2. The van der Waals surface area contributed by atoms with Gasteiger partial charge in [-0.25, -0.2) is 0 Å². The first-order valence-electron chi connectivity index (χ1n) is 16.1. The summed E-state index contributed by atoms with van der Waals surface area (Å²) in [4.78, 5) is 15.2. The number of hydrogen-bond acceptors (Lipinski definition) is 3. The number of carboxylic acid groups (broad SMARTS) is 1. The van der Waals surface area contributed by atoms with E-state index in [1.807, 2.05) is 0 Å². The van der Waals surface area contributed by atoms with Gasteiger partial charge in [0.2, 0.25) is 0 Å². The van der Waals surface area contributed by atoms with E-state index in [9.17, 15) is 9.90 Å². The molecule has 1 aromatic carbocycles. The quantitative estimate of drug-likeness (QED) is 0.223. The highest BCUT2D eigenvalue weighted by Crippen LogP contribution is 2.37. The number of likely N-dealkylation sites (tertiary alicyclic amines) is 1. The maximum atomic E-state index is 12.5. The summed E-state index contributed by atoms with van der Waals surface area (Å²) in [6.45, 7) is 4.53. The molecular formula is C35H54N2O2. The van der Waals surface area contributed by atoms with Gasteiger partial charge in [-0.05, 0) is 80.6 Å².